The molecule has 0 aromatic rings. The molecule has 10 nitrogen and oxygen atoms in total. The molecule has 0 radical (unpaired) electrons. The summed E-state index contributed by atoms with van der Waals surface area (Å²) in [6, 6.07) is 0. The van der Waals surface area contributed by atoms with Gasteiger partial charge in [0.2, 0.25) is 5.91 Å². The summed E-state index contributed by atoms with van der Waals surface area (Å²) in [5, 5.41) is 0. The standard InChI is InChI=1S/2C6H15NO3S.C2H5NO.CH4/c2*1-7(2,3)5-4-6-11(8,9)10;1-2(3)4;/h2*4-6H2,1-3H3;1H3,(H2,3,4);1H4. The van der Waals surface area contributed by atoms with Crippen molar-refractivity contribution in [3.8, 4) is 0 Å². The average molecular weight is 438 g/mol. The summed E-state index contributed by atoms with van der Waals surface area (Å²) in [6.45, 7) is 2.73. The van der Waals surface area contributed by atoms with Gasteiger partial charge in [-0.1, -0.05) is 7.43 Å². The van der Waals surface area contributed by atoms with Gasteiger partial charge in [0.15, 0.2) is 0 Å². The van der Waals surface area contributed by atoms with Gasteiger partial charge in [0.25, 0.3) is 0 Å². The Bertz CT molecular complexity index is 538. The topological polar surface area (TPSA) is 157 Å². The Labute approximate surface area is 166 Å². The zero-order valence-corrected chi connectivity index (χ0v) is 18.5. The first-order valence-corrected chi connectivity index (χ1v) is 11.0. The summed E-state index contributed by atoms with van der Waals surface area (Å²) >= 11 is 0. The number of rotatable bonds is 8. The summed E-state index contributed by atoms with van der Waals surface area (Å²) in [4.78, 5) is 9.22. The quantitative estimate of drug-likeness (QED) is 0.391. The van der Waals surface area contributed by atoms with Crippen LogP contribution in [0.3, 0.4) is 0 Å². The molecule has 0 aromatic heterocycles. The SMILES string of the molecule is C.CC(N)=O.C[N+](C)(C)CCCS(=O)(=O)[O-].C[N+](C)(C)CCCS(=O)(=O)[O-]. The Kier molecular flexibility index (Phi) is 17.8. The third-order valence-corrected chi connectivity index (χ3v) is 4.02. The van der Waals surface area contributed by atoms with Gasteiger partial charge >= 0.3 is 0 Å². The van der Waals surface area contributed by atoms with Crippen molar-refractivity contribution in [1.29, 1.82) is 0 Å². The van der Waals surface area contributed by atoms with Crippen LogP contribution in [0.5, 0.6) is 0 Å². The fourth-order valence-electron chi connectivity index (χ4n) is 1.43. The highest BCUT2D eigenvalue weighted by Gasteiger charge is 2.07. The van der Waals surface area contributed by atoms with E-state index < -0.39 is 20.2 Å². The molecule has 0 unspecified atom stereocenters. The second kappa shape index (κ2) is 14.2. The molecule has 1 amide bonds. The maximum Gasteiger partial charge on any atom is 0.214 e. The van der Waals surface area contributed by atoms with Gasteiger partial charge in [-0.15, -0.1) is 0 Å². The van der Waals surface area contributed by atoms with Crippen molar-refractivity contribution in [3.05, 3.63) is 0 Å². The number of nitrogens with zero attached hydrogens (tertiary/aromatic N) is 2. The van der Waals surface area contributed by atoms with E-state index in [4.69, 9.17) is 0 Å². The maximum absolute atomic E-state index is 10.2. The van der Waals surface area contributed by atoms with Crippen molar-refractivity contribution >= 4 is 26.1 Å². The monoisotopic (exact) mass is 437 g/mol. The van der Waals surface area contributed by atoms with Crippen molar-refractivity contribution < 1.29 is 39.7 Å². The van der Waals surface area contributed by atoms with Crippen LogP contribution in [-0.4, -0.2) is 108 Å². The molecule has 0 rings (SSSR count). The van der Waals surface area contributed by atoms with Crippen molar-refractivity contribution in [2.75, 3.05) is 66.9 Å². The van der Waals surface area contributed by atoms with Gasteiger partial charge in [-0.05, 0) is 0 Å². The molecule has 27 heavy (non-hydrogen) atoms. The van der Waals surface area contributed by atoms with Crippen LogP contribution >= 0.6 is 0 Å². The normalized spacial score (nSPS) is 11.9. The Morgan fingerprint density at radius 3 is 1.07 bits per heavy atom. The molecule has 12 heteroatoms. The Balaban J connectivity index is -0.000000159. The number of hydrogen-bond acceptors (Lipinski definition) is 7. The zero-order chi connectivity index (χ0) is 21.8. The largest absolute Gasteiger partial charge is 0.748 e. The number of carbonyl (C=O) groups is 1. The zero-order valence-electron chi connectivity index (χ0n) is 16.9. The third-order valence-electron chi connectivity index (χ3n) is 2.45. The average Bonchev–Trinajstić information content (AvgIpc) is 2.20. The summed E-state index contributed by atoms with van der Waals surface area (Å²) in [5.74, 6) is -0.828. The molecule has 0 aliphatic heterocycles. The Morgan fingerprint density at radius 2 is 0.963 bits per heavy atom. The van der Waals surface area contributed by atoms with Crippen LogP contribution in [0.2, 0.25) is 0 Å². The van der Waals surface area contributed by atoms with Gasteiger partial charge in [0.1, 0.15) is 0 Å². The van der Waals surface area contributed by atoms with Gasteiger partial charge in [-0.3, -0.25) is 4.79 Å². The molecular formula is C15H39N3O7S2. The predicted octanol–water partition coefficient (Wildman–Crippen LogP) is -0.616. The van der Waals surface area contributed by atoms with Gasteiger partial charge < -0.3 is 23.8 Å². The molecule has 0 aromatic carbocycles. The van der Waals surface area contributed by atoms with E-state index in [0.717, 1.165) is 0 Å². The lowest BCUT2D eigenvalue weighted by Crippen LogP contribution is -2.36. The van der Waals surface area contributed by atoms with E-state index >= 15 is 0 Å². The number of carbonyl (C=O) groups excluding carboxylic acids is 1. The minimum absolute atomic E-state index is 0. The van der Waals surface area contributed by atoms with Crippen molar-refractivity contribution in [2.24, 2.45) is 5.73 Å². The fourth-order valence-corrected chi connectivity index (χ4v) is 2.40. The van der Waals surface area contributed by atoms with E-state index in [1.54, 1.807) is 0 Å². The molecule has 0 fully saturated rings. The van der Waals surface area contributed by atoms with E-state index in [0.29, 0.717) is 34.9 Å². The van der Waals surface area contributed by atoms with Crippen LogP contribution in [0.15, 0.2) is 0 Å². The number of primary amides is 1. The van der Waals surface area contributed by atoms with Crippen LogP contribution in [0, 0.1) is 0 Å². The van der Waals surface area contributed by atoms with Crippen molar-refractivity contribution in [3.63, 3.8) is 0 Å². The minimum Gasteiger partial charge on any atom is -0.748 e. The molecule has 0 aliphatic rings. The van der Waals surface area contributed by atoms with Crippen molar-refractivity contribution in [2.45, 2.75) is 27.2 Å². The summed E-state index contributed by atoms with van der Waals surface area (Å²) < 4.78 is 62.3. The number of quaternary nitrogens is 2. The summed E-state index contributed by atoms with van der Waals surface area (Å²) in [5.41, 5.74) is 4.47. The molecule has 2 N–H and O–H groups in total. The van der Waals surface area contributed by atoms with Crippen LogP contribution in [0.1, 0.15) is 27.2 Å². The summed E-state index contributed by atoms with van der Waals surface area (Å²) in [6.07, 6.45) is 0.880. The molecule has 0 spiro atoms. The van der Waals surface area contributed by atoms with E-state index in [9.17, 15) is 30.7 Å². The first-order valence-electron chi connectivity index (χ1n) is 7.89. The molecule has 0 heterocycles. The molecule has 0 atom stereocenters. The molecule has 0 bridgehead atoms. The molecule has 0 saturated carbocycles. The lowest BCUT2D eigenvalue weighted by Gasteiger charge is -2.23. The summed E-state index contributed by atoms with van der Waals surface area (Å²) in [7, 11) is 3.72. The third kappa shape index (κ3) is 58.7. The van der Waals surface area contributed by atoms with Gasteiger partial charge in [0, 0.05) is 31.3 Å². The van der Waals surface area contributed by atoms with E-state index in [1.807, 2.05) is 42.3 Å². The second-order valence-electron chi connectivity index (χ2n) is 7.87. The molecular weight excluding hydrogens is 398 g/mol. The van der Waals surface area contributed by atoms with E-state index in [2.05, 4.69) is 5.73 Å². The van der Waals surface area contributed by atoms with Gasteiger partial charge in [0.05, 0.1) is 75.6 Å². The first-order chi connectivity index (χ1) is 11.1. The Morgan fingerprint density at radius 1 is 0.778 bits per heavy atom. The predicted molar refractivity (Wildman–Crippen MR) is 106 cm³/mol. The fraction of sp³-hybridized carbons (Fsp3) is 0.933. The number of hydrogen-bond donors (Lipinski definition) is 1. The highest BCUT2D eigenvalue weighted by molar-refractivity contribution is 7.85. The van der Waals surface area contributed by atoms with Crippen LogP contribution < -0.4 is 5.73 Å². The lowest BCUT2D eigenvalue weighted by atomic mass is 10.4. The van der Waals surface area contributed by atoms with Gasteiger partial charge in [-0.25, -0.2) is 16.8 Å². The van der Waals surface area contributed by atoms with E-state index in [-0.39, 0.29) is 24.8 Å². The molecule has 0 aliphatic carbocycles. The first kappa shape index (κ1) is 33.8. The van der Waals surface area contributed by atoms with Crippen LogP contribution in [-0.2, 0) is 25.0 Å². The van der Waals surface area contributed by atoms with Gasteiger partial charge in [-0.2, -0.15) is 0 Å². The van der Waals surface area contributed by atoms with Crippen LogP contribution in [0.25, 0.3) is 0 Å². The lowest BCUT2D eigenvalue weighted by molar-refractivity contribution is -0.870. The highest BCUT2D eigenvalue weighted by atomic mass is 32.2. The number of amides is 1. The Hall–Kier alpha value is -0.790. The highest BCUT2D eigenvalue weighted by Crippen LogP contribution is 1.96. The minimum atomic E-state index is -4.01. The smallest absolute Gasteiger partial charge is 0.214 e. The van der Waals surface area contributed by atoms with Crippen molar-refractivity contribution in [1.82, 2.24) is 0 Å². The second-order valence-corrected chi connectivity index (χ2v) is 10.9. The maximum atomic E-state index is 10.2. The van der Waals surface area contributed by atoms with Crippen LogP contribution in [0.4, 0.5) is 0 Å². The number of nitrogens with two attached hydrogens (primary N) is 1. The molecule has 168 valence electrons. The van der Waals surface area contributed by atoms with E-state index in [1.165, 1.54) is 6.92 Å². The molecule has 0 saturated heterocycles.